The summed E-state index contributed by atoms with van der Waals surface area (Å²) < 4.78 is 35.5. The van der Waals surface area contributed by atoms with E-state index in [0.29, 0.717) is 18.4 Å². The van der Waals surface area contributed by atoms with Crippen molar-refractivity contribution in [1.29, 1.82) is 0 Å². The minimum atomic E-state index is -3.71. The summed E-state index contributed by atoms with van der Waals surface area (Å²) in [5.41, 5.74) is -0.439. The molecule has 1 aromatic carbocycles. The third-order valence-corrected chi connectivity index (χ3v) is 3.84. The highest BCUT2D eigenvalue weighted by molar-refractivity contribution is 8.13. The van der Waals surface area contributed by atoms with Crippen LogP contribution in [0.3, 0.4) is 0 Å². The summed E-state index contributed by atoms with van der Waals surface area (Å²) in [7, 11) is 1.49. The van der Waals surface area contributed by atoms with Crippen LogP contribution >= 0.6 is 10.7 Å². The molecule has 0 aliphatic heterocycles. The third kappa shape index (κ3) is 2.69. The van der Waals surface area contributed by atoms with E-state index >= 15 is 0 Å². The van der Waals surface area contributed by atoms with Gasteiger partial charge in [-0.05, 0) is 30.5 Å². The van der Waals surface area contributed by atoms with E-state index in [1.165, 1.54) is 12.1 Å². The first-order chi connectivity index (χ1) is 6.89. The Morgan fingerprint density at radius 3 is 2.60 bits per heavy atom. The van der Waals surface area contributed by atoms with Crippen molar-refractivity contribution in [3.8, 4) is 0 Å². The van der Waals surface area contributed by atoms with E-state index in [0.717, 1.165) is 0 Å². The molecule has 0 spiro atoms. The van der Waals surface area contributed by atoms with Crippen molar-refractivity contribution in [3.05, 3.63) is 29.8 Å². The van der Waals surface area contributed by atoms with Gasteiger partial charge in [0, 0.05) is 17.1 Å². The largest absolute Gasteiger partial charge is 0.261 e. The average Bonchev–Trinajstić information content (AvgIpc) is 2.82. The van der Waals surface area contributed by atoms with E-state index in [2.05, 4.69) is 0 Å². The van der Waals surface area contributed by atoms with E-state index in [4.69, 9.17) is 10.7 Å². The minimum Gasteiger partial charge on any atom is -0.244 e. The SMILES string of the molecule is O=S(=O)(Cl)c1cccc(CC2(F)CC2)c1. The summed E-state index contributed by atoms with van der Waals surface area (Å²) in [6, 6.07) is 6.13. The number of halogens is 2. The topological polar surface area (TPSA) is 34.1 Å². The molecule has 82 valence electrons. The number of benzene rings is 1. The molecule has 15 heavy (non-hydrogen) atoms. The molecule has 1 fully saturated rings. The molecule has 0 heterocycles. The van der Waals surface area contributed by atoms with Crippen molar-refractivity contribution < 1.29 is 12.8 Å². The van der Waals surface area contributed by atoms with Crippen molar-refractivity contribution in [2.24, 2.45) is 0 Å². The minimum absolute atomic E-state index is 0.0333. The molecule has 0 radical (unpaired) electrons. The van der Waals surface area contributed by atoms with Crippen LogP contribution in [-0.4, -0.2) is 14.1 Å². The van der Waals surface area contributed by atoms with Crippen molar-refractivity contribution in [2.45, 2.75) is 29.8 Å². The molecule has 0 amide bonds. The van der Waals surface area contributed by atoms with Crippen LogP contribution in [0.4, 0.5) is 4.39 Å². The van der Waals surface area contributed by atoms with Crippen LogP contribution in [0, 0.1) is 0 Å². The molecule has 0 bridgehead atoms. The second-order valence-corrected chi connectivity index (χ2v) is 6.48. The maximum Gasteiger partial charge on any atom is 0.261 e. The lowest BCUT2D eigenvalue weighted by Gasteiger charge is -2.05. The molecular weight excluding hydrogens is 239 g/mol. The number of alkyl halides is 1. The Hall–Kier alpha value is -0.610. The number of hydrogen-bond donors (Lipinski definition) is 0. The number of hydrogen-bond acceptors (Lipinski definition) is 2. The predicted molar refractivity (Wildman–Crippen MR) is 56.3 cm³/mol. The fraction of sp³-hybridized carbons (Fsp3) is 0.400. The van der Waals surface area contributed by atoms with E-state index in [1.807, 2.05) is 0 Å². The van der Waals surface area contributed by atoms with Gasteiger partial charge >= 0.3 is 0 Å². The molecule has 0 N–H and O–H groups in total. The van der Waals surface area contributed by atoms with Crippen molar-refractivity contribution in [3.63, 3.8) is 0 Å². The molecule has 1 aliphatic rings. The molecule has 0 aromatic heterocycles. The van der Waals surface area contributed by atoms with Gasteiger partial charge in [0.2, 0.25) is 0 Å². The van der Waals surface area contributed by atoms with E-state index in [-0.39, 0.29) is 11.3 Å². The maximum absolute atomic E-state index is 13.4. The lowest BCUT2D eigenvalue weighted by Crippen LogP contribution is -2.04. The normalized spacial score (nSPS) is 18.8. The molecule has 2 nitrogen and oxygen atoms in total. The molecule has 1 saturated carbocycles. The Kier molecular flexibility index (Phi) is 2.51. The Morgan fingerprint density at radius 2 is 2.07 bits per heavy atom. The van der Waals surface area contributed by atoms with Gasteiger partial charge in [-0.1, -0.05) is 12.1 Å². The first-order valence-corrected chi connectivity index (χ1v) is 6.93. The Balaban J connectivity index is 2.27. The summed E-state index contributed by atoms with van der Waals surface area (Å²) in [6.07, 6.45) is 1.39. The van der Waals surface area contributed by atoms with Crippen LogP contribution in [-0.2, 0) is 15.5 Å². The van der Waals surface area contributed by atoms with Crippen molar-refractivity contribution >= 4 is 19.7 Å². The zero-order valence-electron chi connectivity index (χ0n) is 7.91. The highest BCUT2D eigenvalue weighted by Gasteiger charge is 2.42. The van der Waals surface area contributed by atoms with Gasteiger partial charge in [-0.25, -0.2) is 12.8 Å². The Morgan fingerprint density at radius 1 is 1.40 bits per heavy atom. The van der Waals surface area contributed by atoms with Crippen molar-refractivity contribution in [1.82, 2.24) is 0 Å². The lowest BCUT2D eigenvalue weighted by molar-refractivity contribution is 0.307. The first kappa shape index (κ1) is 10.9. The first-order valence-electron chi connectivity index (χ1n) is 4.62. The van der Waals surface area contributed by atoms with E-state index < -0.39 is 14.7 Å². The van der Waals surface area contributed by atoms with Gasteiger partial charge in [0.15, 0.2) is 0 Å². The monoisotopic (exact) mass is 248 g/mol. The molecule has 0 atom stereocenters. The standard InChI is InChI=1S/C10H10ClFO2S/c11-15(13,14)9-3-1-2-8(6-9)7-10(12)4-5-10/h1-3,6H,4-5,7H2. The van der Waals surface area contributed by atoms with Gasteiger partial charge in [-0.2, -0.15) is 0 Å². The van der Waals surface area contributed by atoms with E-state index in [9.17, 15) is 12.8 Å². The van der Waals surface area contributed by atoms with Gasteiger partial charge in [0.1, 0.15) is 5.67 Å². The van der Waals surface area contributed by atoms with Gasteiger partial charge in [-0.15, -0.1) is 0 Å². The summed E-state index contributed by atoms with van der Waals surface area (Å²) in [4.78, 5) is 0.0333. The molecular formula is C10H10ClFO2S. The quantitative estimate of drug-likeness (QED) is 0.771. The summed E-state index contributed by atoms with van der Waals surface area (Å²) in [5.74, 6) is 0. The van der Waals surface area contributed by atoms with Gasteiger partial charge in [-0.3, -0.25) is 0 Å². The van der Waals surface area contributed by atoms with Crippen LogP contribution in [0.1, 0.15) is 18.4 Å². The summed E-state index contributed by atoms with van der Waals surface area (Å²) >= 11 is 0. The van der Waals surface area contributed by atoms with Crippen LogP contribution in [0.25, 0.3) is 0 Å². The second kappa shape index (κ2) is 3.46. The van der Waals surface area contributed by atoms with Crippen LogP contribution in [0.15, 0.2) is 29.2 Å². The lowest BCUT2D eigenvalue weighted by atomic mass is 10.1. The average molecular weight is 249 g/mol. The molecule has 0 saturated heterocycles. The van der Waals surface area contributed by atoms with Gasteiger partial charge < -0.3 is 0 Å². The zero-order chi connectivity index (χ0) is 11.1. The Bertz CT molecular complexity index is 480. The third-order valence-electron chi connectivity index (χ3n) is 2.49. The summed E-state index contributed by atoms with van der Waals surface area (Å²) in [5, 5.41) is 0. The molecule has 1 aliphatic carbocycles. The molecule has 2 rings (SSSR count). The fourth-order valence-electron chi connectivity index (χ4n) is 1.49. The van der Waals surface area contributed by atoms with Crippen LogP contribution in [0.2, 0.25) is 0 Å². The van der Waals surface area contributed by atoms with Crippen molar-refractivity contribution in [2.75, 3.05) is 0 Å². The molecule has 5 heteroatoms. The van der Waals surface area contributed by atoms with Gasteiger partial charge in [0.25, 0.3) is 9.05 Å². The van der Waals surface area contributed by atoms with Crippen LogP contribution < -0.4 is 0 Å². The second-order valence-electron chi connectivity index (χ2n) is 3.91. The molecule has 1 aromatic rings. The highest BCUT2D eigenvalue weighted by atomic mass is 35.7. The summed E-state index contributed by atoms with van der Waals surface area (Å²) in [6.45, 7) is 0. The molecule has 0 unspecified atom stereocenters. The van der Waals surface area contributed by atoms with E-state index in [1.54, 1.807) is 12.1 Å². The zero-order valence-corrected chi connectivity index (χ0v) is 9.48. The van der Waals surface area contributed by atoms with Gasteiger partial charge in [0.05, 0.1) is 4.90 Å². The number of rotatable bonds is 3. The Labute approximate surface area is 92.5 Å². The predicted octanol–water partition coefficient (Wildman–Crippen LogP) is 2.66. The fourth-order valence-corrected chi connectivity index (χ4v) is 2.31. The van der Waals surface area contributed by atoms with Crippen LogP contribution in [0.5, 0.6) is 0 Å². The smallest absolute Gasteiger partial charge is 0.244 e. The maximum atomic E-state index is 13.4. The highest BCUT2D eigenvalue weighted by Crippen LogP contribution is 2.42.